The molecule has 2 fully saturated rings. The van der Waals surface area contributed by atoms with Crippen LogP contribution in [0.1, 0.15) is 24.7 Å². The summed E-state index contributed by atoms with van der Waals surface area (Å²) in [5, 5.41) is 11.5. The van der Waals surface area contributed by atoms with Gasteiger partial charge in [-0.05, 0) is 41.5 Å². The average molecular weight is 370 g/mol. The van der Waals surface area contributed by atoms with Gasteiger partial charge < -0.3 is 9.64 Å². The Balaban J connectivity index is 1.43. The number of nitrogens with zero attached hydrogens (tertiary/aromatic N) is 6. The van der Waals surface area contributed by atoms with Crippen LogP contribution in [-0.4, -0.2) is 73.8 Å². The Hall–Kier alpha value is -2.97. The molecule has 4 rings (SSSR count). The van der Waals surface area contributed by atoms with Gasteiger partial charge in [0.1, 0.15) is 6.61 Å². The van der Waals surface area contributed by atoms with E-state index in [1.807, 2.05) is 43.0 Å². The molecule has 9 heteroatoms. The zero-order chi connectivity index (χ0) is 19.0. The second-order valence-corrected chi connectivity index (χ2v) is 7.08. The highest BCUT2D eigenvalue weighted by Crippen LogP contribution is 2.31. The minimum Gasteiger partial charge on any atom is -0.447 e. The first-order valence-electron chi connectivity index (χ1n) is 9.09. The largest absolute Gasteiger partial charge is 0.447 e. The molecule has 0 spiro atoms. The van der Waals surface area contributed by atoms with Gasteiger partial charge in [0.25, 0.3) is 0 Å². The number of tetrazole rings is 1. The van der Waals surface area contributed by atoms with E-state index in [4.69, 9.17) is 4.74 Å². The summed E-state index contributed by atoms with van der Waals surface area (Å²) in [7, 11) is 0. The van der Waals surface area contributed by atoms with Crippen LogP contribution in [0.3, 0.4) is 0 Å². The molecule has 0 radical (unpaired) electrons. The lowest BCUT2D eigenvalue weighted by Crippen LogP contribution is -2.62. The fourth-order valence-electron chi connectivity index (χ4n) is 3.79. The molecule has 2 aromatic rings. The summed E-state index contributed by atoms with van der Waals surface area (Å²) in [6, 6.07) is 7.65. The fourth-order valence-corrected chi connectivity index (χ4v) is 3.79. The molecule has 0 saturated carbocycles. The van der Waals surface area contributed by atoms with Gasteiger partial charge >= 0.3 is 6.09 Å². The Morgan fingerprint density at radius 3 is 2.70 bits per heavy atom. The normalized spacial score (nSPS) is 21.9. The van der Waals surface area contributed by atoms with Crippen LogP contribution in [0.5, 0.6) is 0 Å². The van der Waals surface area contributed by atoms with Crippen LogP contribution >= 0.6 is 0 Å². The van der Waals surface area contributed by atoms with Gasteiger partial charge in [-0.1, -0.05) is 19.1 Å². The predicted molar refractivity (Wildman–Crippen MR) is 95.3 cm³/mol. The van der Waals surface area contributed by atoms with E-state index in [1.54, 1.807) is 9.58 Å². The average Bonchev–Trinajstić information content (AvgIpc) is 3.26. The second-order valence-electron chi connectivity index (χ2n) is 7.08. The molecule has 2 aliphatic rings. The Bertz CT molecular complexity index is 864. The zero-order valence-corrected chi connectivity index (χ0v) is 15.5. The van der Waals surface area contributed by atoms with Gasteiger partial charge in [-0.3, -0.25) is 9.69 Å². The number of ether oxygens (including phenoxy) is 1. The molecule has 2 saturated heterocycles. The van der Waals surface area contributed by atoms with Crippen LogP contribution in [0.4, 0.5) is 4.79 Å². The minimum absolute atomic E-state index is 0.0631. The van der Waals surface area contributed by atoms with E-state index in [0.717, 1.165) is 17.7 Å². The molecule has 2 aliphatic heterocycles. The summed E-state index contributed by atoms with van der Waals surface area (Å²) in [6.45, 7) is 5.80. The molecule has 1 aromatic carbocycles. The molecule has 1 aromatic heterocycles. The highest BCUT2D eigenvalue weighted by Gasteiger charge is 2.50. The molecule has 3 heterocycles. The van der Waals surface area contributed by atoms with Crippen LogP contribution < -0.4 is 0 Å². The molecule has 9 nitrogen and oxygen atoms in total. The van der Waals surface area contributed by atoms with Crippen LogP contribution in [0, 0.1) is 6.92 Å². The Morgan fingerprint density at radius 1 is 1.26 bits per heavy atom. The van der Waals surface area contributed by atoms with Gasteiger partial charge in [0.05, 0.1) is 17.6 Å². The summed E-state index contributed by atoms with van der Waals surface area (Å²) in [5.74, 6) is 0.767. The molecular formula is C18H22N6O3. The van der Waals surface area contributed by atoms with E-state index in [0.29, 0.717) is 38.5 Å². The molecule has 142 valence electrons. The summed E-state index contributed by atoms with van der Waals surface area (Å²) in [4.78, 5) is 28.3. The van der Waals surface area contributed by atoms with E-state index in [-0.39, 0.29) is 17.5 Å². The van der Waals surface area contributed by atoms with E-state index < -0.39 is 0 Å². The van der Waals surface area contributed by atoms with Gasteiger partial charge in [0.2, 0.25) is 5.91 Å². The zero-order valence-electron chi connectivity index (χ0n) is 15.5. The van der Waals surface area contributed by atoms with Crippen LogP contribution in [0.2, 0.25) is 0 Å². The van der Waals surface area contributed by atoms with Crippen molar-refractivity contribution in [1.82, 2.24) is 30.0 Å². The number of aryl methyl sites for hydroxylation is 1. The summed E-state index contributed by atoms with van der Waals surface area (Å²) >= 11 is 0. The maximum absolute atomic E-state index is 12.8. The van der Waals surface area contributed by atoms with Crippen molar-refractivity contribution in [2.75, 3.05) is 26.2 Å². The van der Waals surface area contributed by atoms with E-state index in [2.05, 4.69) is 15.5 Å². The van der Waals surface area contributed by atoms with Crippen LogP contribution in [0.15, 0.2) is 24.3 Å². The van der Waals surface area contributed by atoms with E-state index in [1.165, 1.54) is 0 Å². The van der Waals surface area contributed by atoms with Gasteiger partial charge in [-0.2, -0.15) is 4.68 Å². The van der Waals surface area contributed by atoms with Crippen molar-refractivity contribution in [3.63, 3.8) is 0 Å². The number of rotatable bonds is 4. The van der Waals surface area contributed by atoms with E-state index >= 15 is 0 Å². The number of aromatic nitrogens is 4. The van der Waals surface area contributed by atoms with Gasteiger partial charge in [-0.15, -0.1) is 5.10 Å². The molecule has 0 aliphatic carbocycles. The van der Waals surface area contributed by atoms with Crippen molar-refractivity contribution >= 4 is 12.0 Å². The van der Waals surface area contributed by atoms with Crippen molar-refractivity contribution < 1.29 is 14.3 Å². The number of hydrogen-bond acceptors (Lipinski definition) is 6. The summed E-state index contributed by atoms with van der Waals surface area (Å²) in [6.07, 6.45) is 0.823. The monoisotopic (exact) mass is 370 g/mol. The molecule has 1 unspecified atom stereocenters. The van der Waals surface area contributed by atoms with Gasteiger partial charge in [0, 0.05) is 19.6 Å². The molecule has 2 amide bonds. The first-order chi connectivity index (χ1) is 13.0. The van der Waals surface area contributed by atoms with Crippen LogP contribution in [0.25, 0.3) is 5.69 Å². The highest BCUT2D eigenvalue weighted by molar-refractivity contribution is 5.80. The summed E-state index contributed by atoms with van der Waals surface area (Å²) in [5.41, 5.74) is 1.40. The number of benzene rings is 1. The van der Waals surface area contributed by atoms with Crippen molar-refractivity contribution in [1.29, 1.82) is 0 Å². The molecule has 0 bridgehead atoms. The number of piperazine rings is 1. The third kappa shape index (κ3) is 3.02. The van der Waals surface area contributed by atoms with Crippen molar-refractivity contribution in [2.45, 2.75) is 32.2 Å². The summed E-state index contributed by atoms with van der Waals surface area (Å²) < 4.78 is 6.88. The Kier molecular flexibility index (Phi) is 4.29. The third-order valence-corrected chi connectivity index (χ3v) is 5.51. The SMILES string of the molecule is CCC12COC(=O)N1CCN(C(=O)Cc1ccc(-n3nnnc3C)cc1)C2. The lowest BCUT2D eigenvalue weighted by molar-refractivity contribution is -0.134. The fraction of sp³-hybridized carbons (Fsp3) is 0.500. The molecule has 1 atom stereocenters. The van der Waals surface area contributed by atoms with Gasteiger partial charge in [0.15, 0.2) is 5.82 Å². The number of cyclic esters (lactones) is 1. The second kappa shape index (κ2) is 6.64. The molecule has 27 heavy (non-hydrogen) atoms. The lowest BCUT2D eigenvalue weighted by Gasteiger charge is -2.44. The molecular weight excluding hydrogens is 348 g/mol. The Morgan fingerprint density at radius 2 is 2.04 bits per heavy atom. The van der Waals surface area contributed by atoms with E-state index in [9.17, 15) is 9.59 Å². The number of carbonyl (C=O) groups excluding carboxylic acids is 2. The maximum Gasteiger partial charge on any atom is 0.410 e. The highest BCUT2D eigenvalue weighted by atomic mass is 16.6. The van der Waals surface area contributed by atoms with Crippen molar-refractivity contribution in [3.8, 4) is 5.69 Å². The third-order valence-electron chi connectivity index (χ3n) is 5.51. The standard InChI is InChI=1S/C18H22N6O3/c1-3-18-11-22(8-9-23(18)17(26)27-12-18)16(25)10-14-4-6-15(7-5-14)24-13(2)19-20-21-24/h4-7H,3,8-12H2,1-2H3. The van der Waals surface area contributed by atoms with Crippen molar-refractivity contribution in [2.24, 2.45) is 0 Å². The predicted octanol–water partition coefficient (Wildman–Crippen LogP) is 0.956. The number of amides is 2. The number of fused-ring (bicyclic) bond motifs is 1. The van der Waals surface area contributed by atoms with Crippen LogP contribution in [-0.2, 0) is 16.0 Å². The van der Waals surface area contributed by atoms with Crippen molar-refractivity contribution in [3.05, 3.63) is 35.7 Å². The quantitative estimate of drug-likeness (QED) is 0.796. The maximum atomic E-state index is 12.8. The Labute approximate surface area is 156 Å². The number of carbonyl (C=O) groups is 2. The topological polar surface area (TPSA) is 93.5 Å². The number of hydrogen-bond donors (Lipinski definition) is 0. The minimum atomic E-state index is -0.382. The molecule has 0 N–H and O–H groups in total. The lowest BCUT2D eigenvalue weighted by atomic mass is 9.92. The smallest absolute Gasteiger partial charge is 0.410 e. The van der Waals surface area contributed by atoms with Gasteiger partial charge in [-0.25, -0.2) is 4.79 Å². The first-order valence-corrected chi connectivity index (χ1v) is 9.09. The first kappa shape index (κ1) is 17.4.